The number of anilines is 1. The van der Waals surface area contributed by atoms with Gasteiger partial charge in [-0.3, -0.25) is 4.79 Å². The predicted molar refractivity (Wildman–Crippen MR) is 136 cm³/mol. The summed E-state index contributed by atoms with van der Waals surface area (Å²) in [4.78, 5) is 12.4. The number of hydrogen-bond donors (Lipinski definition) is 1. The highest BCUT2D eigenvalue weighted by atomic mass is 35.5. The average molecular weight is 526 g/mol. The van der Waals surface area contributed by atoms with E-state index in [0.29, 0.717) is 45.5 Å². The number of thioether (sulfide) groups is 1. The highest BCUT2D eigenvalue weighted by Crippen LogP contribution is 2.24. The maximum atomic E-state index is 12.4. The molecule has 3 rings (SSSR count). The zero-order valence-electron chi connectivity index (χ0n) is 18.0. The van der Waals surface area contributed by atoms with Crippen LogP contribution in [-0.2, 0) is 17.8 Å². The average Bonchev–Trinajstić information content (AvgIpc) is 3.12. The van der Waals surface area contributed by atoms with Gasteiger partial charge in [0, 0.05) is 33.7 Å². The van der Waals surface area contributed by atoms with E-state index in [0.717, 1.165) is 23.6 Å². The van der Waals surface area contributed by atoms with Gasteiger partial charge in [-0.25, -0.2) is 0 Å². The van der Waals surface area contributed by atoms with Gasteiger partial charge in [0.1, 0.15) is 11.6 Å². The van der Waals surface area contributed by atoms with E-state index in [9.17, 15) is 4.79 Å². The highest BCUT2D eigenvalue weighted by molar-refractivity contribution is 7.99. The standard InChI is InChI=1S/C23H23Cl3N4O2S/c1-3-8-30-21(5-4-9-32-20-7-6-16(24)10-15(20)2)28-29-23(30)33-14-22(31)27-19-12-17(25)11-18(26)13-19/h3,6-7,10-13H,1,4-5,8-9,14H2,2H3,(H,27,31). The third-order valence-corrected chi connectivity index (χ3v) is 6.16. The number of benzene rings is 2. The monoisotopic (exact) mass is 524 g/mol. The molecule has 0 atom stereocenters. The van der Waals surface area contributed by atoms with E-state index < -0.39 is 0 Å². The first-order valence-electron chi connectivity index (χ1n) is 10.2. The van der Waals surface area contributed by atoms with Crippen molar-refractivity contribution in [2.45, 2.75) is 31.5 Å². The number of nitrogens with zero attached hydrogens (tertiary/aromatic N) is 3. The molecule has 2 aromatic carbocycles. The van der Waals surface area contributed by atoms with Crippen LogP contribution in [0.25, 0.3) is 0 Å². The van der Waals surface area contributed by atoms with E-state index in [1.807, 2.05) is 29.7 Å². The molecule has 1 aromatic heterocycles. The van der Waals surface area contributed by atoms with E-state index >= 15 is 0 Å². The lowest BCUT2D eigenvalue weighted by Crippen LogP contribution is -2.15. The fourth-order valence-corrected chi connectivity index (χ4v) is 4.58. The van der Waals surface area contributed by atoms with Crippen LogP contribution in [0, 0.1) is 6.92 Å². The van der Waals surface area contributed by atoms with E-state index in [4.69, 9.17) is 39.5 Å². The van der Waals surface area contributed by atoms with Crippen molar-refractivity contribution in [3.63, 3.8) is 0 Å². The molecule has 3 aromatic rings. The summed E-state index contributed by atoms with van der Waals surface area (Å²) in [5, 5.41) is 13.6. The van der Waals surface area contributed by atoms with Gasteiger partial charge in [0.25, 0.3) is 0 Å². The Morgan fingerprint density at radius 3 is 2.61 bits per heavy atom. The molecule has 174 valence electrons. The van der Waals surface area contributed by atoms with Crippen LogP contribution in [0.1, 0.15) is 17.8 Å². The van der Waals surface area contributed by atoms with Crippen LogP contribution < -0.4 is 10.1 Å². The van der Waals surface area contributed by atoms with E-state index in [2.05, 4.69) is 22.1 Å². The van der Waals surface area contributed by atoms with Gasteiger partial charge in [0.2, 0.25) is 5.91 Å². The van der Waals surface area contributed by atoms with Crippen molar-refractivity contribution in [2.24, 2.45) is 0 Å². The maximum absolute atomic E-state index is 12.4. The second-order valence-electron chi connectivity index (χ2n) is 7.15. The van der Waals surface area contributed by atoms with Gasteiger partial charge in [-0.2, -0.15) is 0 Å². The summed E-state index contributed by atoms with van der Waals surface area (Å²) < 4.78 is 7.81. The molecular formula is C23H23Cl3N4O2S. The zero-order valence-corrected chi connectivity index (χ0v) is 21.1. The van der Waals surface area contributed by atoms with E-state index in [1.165, 1.54) is 11.8 Å². The number of aryl methyl sites for hydroxylation is 2. The molecule has 33 heavy (non-hydrogen) atoms. The lowest BCUT2D eigenvalue weighted by Gasteiger charge is -2.10. The Balaban J connectivity index is 1.53. The Hall–Kier alpha value is -2.19. The first-order chi connectivity index (χ1) is 15.9. The topological polar surface area (TPSA) is 69.0 Å². The Labute approximate surface area is 212 Å². The fourth-order valence-electron chi connectivity index (χ4n) is 3.06. The van der Waals surface area contributed by atoms with Gasteiger partial charge >= 0.3 is 0 Å². The summed E-state index contributed by atoms with van der Waals surface area (Å²) >= 11 is 19.2. The molecule has 1 heterocycles. The third-order valence-electron chi connectivity index (χ3n) is 4.52. The molecule has 0 bridgehead atoms. The van der Waals surface area contributed by atoms with Crippen LogP contribution >= 0.6 is 46.6 Å². The molecule has 0 aliphatic heterocycles. The molecule has 0 saturated carbocycles. The maximum Gasteiger partial charge on any atom is 0.234 e. The fraction of sp³-hybridized carbons (Fsp3) is 0.261. The number of nitrogens with one attached hydrogen (secondary N) is 1. The second kappa shape index (κ2) is 12.3. The summed E-state index contributed by atoms with van der Waals surface area (Å²) in [6.07, 6.45) is 3.22. The normalized spacial score (nSPS) is 10.8. The van der Waals surface area contributed by atoms with Gasteiger partial charge in [0.05, 0.1) is 12.4 Å². The minimum absolute atomic E-state index is 0.165. The number of hydrogen-bond acceptors (Lipinski definition) is 5. The van der Waals surface area contributed by atoms with Gasteiger partial charge in [-0.05, 0) is 55.3 Å². The highest BCUT2D eigenvalue weighted by Gasteiger charge is 2.14. The minimum Gasteiger partial charge on any atom is -0.493 e. The summed E-state index contributed by atoms with van der Waals surface area (Å²) in [5.74, 6) is 1.60. The third kappa shape index (κ3) is 7.67. The number of carbonyl (C=O) groups excluding carboxylic acids is 1. The van der Waals surface area contributed by atoms with Crippen LogP contribution in [0.3, 0.4) is 0 Å². The summed E-state index contributed by atoms with van der Waals surface area (Å²) in [6, 6.07) is 10.4. The molecule has 0 saturated heterocycles. The number of rotatable bonds is 11. The van der Waals surface area contributed by atoms with Crippen molar-refractivity contribution in [2.75, 3.05) is 17.7 Å². The summed E-state index contributed by atoms with van der Waals surface area (Å²) in [6.45, 7) is 6.86. The van der Waals surface area contributed by atoms with Gasteiger partial charge in [-0.1, -0.05) is 52.6 Å². The molecule has 1 amide bonds. The van der Waals surface area contributed by atoms with Crippen molar-refractivity contribution in [1.29, 1.82) is 0 Å². The number of amides is 1. The molecule has 10 heteroatoms. The molecule has 0 aliphatic carbocycles. The van der Waals surface area contributed by atoms with Crippen LogP contribution in [0.15, 0.2) is 54.2 Å². The molecule has 0 fully saturated rings. The Bertz CT molecular complexity index is 1120. The molecular weight excluding hydrogens is 503 g/mol. The van der Waals surface area contributed by atoms with Crippen molar-refractivity contribution in [3.8, 4) is 5.75 Å². The summed E-state index contributed by atoms with van der Waals surface area (Å²) in [5.41, 5.74) is 1.54. The van der Waals surface area contributed by atoms with Crippen molar-refractivity contribution < 1.29 is 9.53 Å². The van der Waals surface area contributed by atoms with Gasteiger partial charge < -0.3 is 14.6 Å². The Kier molecular flexibility index (Phi) is 9.50. The quantitative estimate of drug-likeness (QED) is 0.176. The zero-order chi connectivity index (χ0) is 23.8. The molecule has 1 N–H and O–H groups in total. The van der Waals surface area contributed by atoms with Crippen LogP contribution in [0.2, 0.25) is 15.1 Å². The second-order valence-corrected chi connectivity index (χ2v) is 9.41. The number of allylic oxidation sites excluding steroid dienone is 1. The Morgan fingerprint density at radius 1 is 1.15 bits per heavy atom. The number of aromatic nitrogens is 3. The lowest BCUT2D eigenvalue weighted by molar-refractivity contribution is -0.113. The minimum atomic E-state index is -0.195. The smallest absolute Gasteiger partial charge is 0.234 e. The molecule has 0 spiro atoms. The predicted octanol–water partition coefficient (Wildman–Crippen LogP) is 6.48. The number of carbonyl (C=O) groups is 1. The van der Waals surface area contributed by atoms with E-state index in [-0.39, 0.29) is 11.7 Å². The Morgan fingerprint density at radius 2 is 1.91 bits per heavy atom. The van der Waals surface area contributed by atoms with Crippen molar-refractivity contribution in [3.05, 3.63) is 75.5 Å². The first-order valence-corrected chi connectivity index (χ1v) is 12.3. The molecule has 6 nitrogen and oxygen atoms in total. The van der Waals surface area contributed by atoms with Crippen LogP contribution in [0.4, 0.5) is 5.69 Å². The molecule has 0 aliphatic rings. The number of halogens is 3. The number of ether oxygens (including phenoxy) is 1. The van der Waals surface area contributed by atoms with Gasteiger partial charge in [-0.15, -0.1) is 16.8 Å². The van der Waals surface area contributed by atoms with Crippen LogP contribution in [-0.4, -0.2) is 33.0 Å². The van der Waals surface area contributed by atoms with Crippen molar-refractivity contribution in [1.82, 2.24) is 14.8 Å². The largest absolute Gasteiger partial charge is 0.493 e. The van der Waals surface area contributed by atoms with E-state index in [1.54, 1.807) is 24.3 Å². The molecule has 0 unspecified atom stereocenters. The SMILES string of the molecule is C=CCn1c(CCCOc2ccc(Cl)cc2C)nnc1SCC(=O)Nc1cc(Cl)cc(Cl)c1. The molecule has 0 radical (unpaired) electrons. The van der Waals surface area contributed by atoms with Crippen molar-refractivity contribution >= 4 is 58.2 Å². The lowest BCUT2D eigenvalue weighted by atomic mass is 10.2. The summed E-state index contributed by atoms with van der Waals surface area (Å²) in [7, 11) is 0. The van der Waals surface area contributed by atoms with Gasteiger partial charge in [0.15, 0.2) is 5.16 Å². The van der Waals surface area contributed by atoms with Crippen LogP contribution in [0.5, 0.6) is 5.75 Å². The first kappa shape index (κ1) is 25.4.